The summed E-state index contributed by atoms with van der Waals surface area (Å²) in [7, 11) is 0. The van der Waals surface area contributed by atoms with Crippen molar-refractivity contribution in [2.45, 2.75) is 111 Å². The Morgan fingerprint density at radius 1 is 1.06 bits per heavy atom. The molecule has 1 unspecified atom stereocenters. The topological polar surface area (TPSA) is 37.3 Å². The van der Waals surface area contributed by atoms with Crippen molar-refractivity contribution in [3.63, 3.8) is 0 Å². The highest BCUT2D eigenvalue weighted by atomic mass is 16.3. The van der Waals surface area contributed by atoms with Crippen LogP contribution in [0.3, 0.4) is 0 Å². The molecule has 4 fully saturated rings. The molecule has 5 rings (SSSR count). The number of hydrogen-bond acceptors (Lipinski definition) is 2. The number of allylic oxidation sites excluding steroid dienone is 1. The van der Waals surface area contributed by atoms with Gasteiger partial charge < -0.3 is 5.11 Å². The summed E-state index contributed by atoms with van der Waals surface area (Å²) in [5.41, 5.74) is 1.76. The van der Waals surface area contributed by atoms with Crippen molar-refractivity contribution >= 4 is 5.78 Å². The lowest BCUT2D eigenvalue weighted by Crippen LogP contribution is -2.56. The Morgan fingerprint density at radius 3 is 2.48 bits per heavy atom. The standard InChI is InChI=1S/C29H46O2/c1-18(2)7-6-8-19(3)21-10-11-22-20-9-12-24-27(4,14-13-25(31)29(24)15-16-29)26(20)23(30)17-28(21,22)5/h12,18-22,25-26,31H,6-11,13-17H2,1-5H3/t19-,20+,21-,22+,25?,26-,27+,28-/m1/s1. The largest absolute Gasteiger partial charge is 0.392 e. The van der Waals surface area contributed by atoms with Crippen molar-refractivity contribution in [3.05, 3.63) is 11.6 Å². The summed E-state index contributed by atoms with van der Waals surface area (Å²) < 4.78 is 0. The molecule has 0 bridgehead atoms. The zero-order chi connectivity index (χ0) is 22.2. The lowest BCUT2D eigenvalue weighted by molar-refractivity contribution is -0.147. The Balaban J connectivity index is 1.40. The van der Waals surface area contributed by atoms with Crippen LogP contribution >= 0.6 is 0 Å². The van der Waals surface area contributed by atoms with Gasteiger partial charge in [0.2, 0.25) is 0 Å². The number of ketones is 1. The fourth-order valence-electron chi connectivity index (χ4n) is 9.67. The van der Waals surface area contributed by atoms with E-state index in [0.29, 0.717) is 17.6 Å². The Morgan fingerprint density at radius 2 is 1.81 bits per heavy atom. The molecular formula is C29H46O2. The second-order valence-electron chi connectivity index (χ2n) is 13.4. The predicted octanol–water partition coefficient (Wildman–Crippen LogP) is 6.96. The van der Waals surface area contributed by atoms with Gasteiger partial charge in [0.1, 0.15) is 5.78 Å². The van der Waals surface area contributed by atoms with Crippen molar-refractivity contribution < 1.29 is 9.90 Å². The average Bonchev–Trinajstić information content (AvgIpc) is 3.40. The molecule has 174 valence electrons. The maximum Gasteiger partial charge on any atom is 0.137 e. The molecule has 4 saturated carbocycles. The van der Waals surface area contributed by atoms with E-state index < -0.39 is 0 Å². The summed E-state index contributed by atoms with van der Waals surface area (Å²) in [6.45, 7) is 12.0. The molecule has 0 saturated heterocycles. The molecule has 0 amide bonds. The van der Waals surface area contributed by atoms with E-state index in [9.17, 15) is 9.90 Å². The predicted molar refractivity (Wildman–Crippen MR) is 126 cm³/mol. The zero-order valence-corrected chi connectivity index (χ0v) is 20.8. The Labute approximate surface area is 190 Å². The number of carbonyl (C=O) groups is 1. The fraction of sp³-hybridized carbons (Fsp3) is 0.897. The van der Waals surface area contributed by atoms with Gasteiger partial charge in [-0.2, -0.15) is 0 Å². The molecule has 2 heteroatoms. The van der Waals surface area contributed by atoms with Gasteiger partial charge in [0.05, 0.1) is 6.10 Å². The number of fused-ring (bicyclic) bond motifs is 6. The van der Waals surface area contributed by atoms with Gasteiger partial charge in [0.15, 0.2) is 0 Å². The van der Waals surface area contributed by atoms with Crippen LogP contribution < -0.4 is 0 Å². The molecule has 0 heterocycles. The molecule has 0 aromatic carbocycles. The van der Waals surface area contributed by atoms with E-state index in [1.807, 2.05) is 0 Å². The van der Waals surface area contributed by atoms with Crippen LogP contribution in [-0.2, 0) is 4.79 Å². The van der Waals surface area contributed by atoms with Crippen LogP contribution in [0.15, 0.2) is 11.6 Å². The molecule has 0 aliphatic heterocycles. The number of Topliss-reactive ketones (excluding diaryl/α,β-unsaturated/α-hetero) is 1. The lowest BCUT2D eigenvalue weighted by Gasteiger charge is -2.59. The summed E-state index contributed by atoms with van der Waals surface area (Å²) in [5, 5.41) is 10.8. The Bertz CT molecular complexity index is 761. The first kappa shape index (κ1) is 22.2. The third kappa shape index (κ3) is 3.17. The van der Waals surface area contributed by atoms with Gasteiger partial charge in [-0.3, -0.25) is 4.79 Å². The summed E-state index contributed by atoms with van der Waals surface area (Å²) in [4.78, 5) is 13.9. The van der Waals surface area contributed by atoms with Crippen molar-refractivity contribution in [1.29, 1.82) is 0 Å². The first-order valence-electron chi connectivity index (χ1n) is 13.6. The highest BCUT2D eigenvalue weighted by Gasteiger charge is 2.67. The number of aliphatic hydroxyl groups excluding tert-OH is 1. The van der Waals surface area contributed by atoms with E-state index in [-0.39, 0.29) is 28.3 Å². The second-order valence-corrected chi connectivity index (χ2v) is 13.4. The number of carbonyl (C=O) groups excluding carboxylic acids is 1. The van der Waals surface area contributed by atoms with E-state index in [1.54, 1.807) is 0 Å². The SMILES string of the molecule is CC(C)CCC[C@@H](C)[C@H]1CC[C@H]2[C@@H]3CC=C4C5(CC5)C(O)CC[C@]4(C)[C@H]3C(=O)C[C@]12C. The number of rotatable bonds is 5. The molecular weight excluding hydrogens is 380 g/mol. The maximum absolute atomic E-state index is 13.9. The van der Waals surface area contributed by atoms with Gasteiger partial charge >= 0.3 is 0 Å². The summed E-state index contributed by atoms with van der Waals surface area (Å²) in [5.74, 6) is 4.29. The minimum Gasteiger partial charge on any atom is -0.392 e. The minimum atomic E-state index is -0.171. The van der Waals surface area contributed by atoms with Gasteiger partial charge in [-0.1, -0.05) is 65.5 Å². The molecule has 0 radical (unpaired) electrons. The van der Waals surface area contributed by atoms with Crippen molar-refractivity contribution in [2.24, 2.45) is 51.8 Å². The molecule has 5 aliphatic rings. The Hall–Kier alpha value is -0.630. The van der Waals surface area contributed by atoms with Crippen LogP contribution in [0.25, 0.3) is 0 Å². The van der Waals surface area contributed by atoms with E-state index >= 15 is 0 Å². The fourth-order valence-corrected chi connectivity index (χ4v) is 9.67. The number of aliphatic hydroxyl groups is 1. The smallest absolute Gasteiger partial charge is 0.137 e. The molecule has 8 atom stereocenters. The average molecular weight is 427 g/mol. The molecule has 2 nitrogen and oxygen atoms in total. The molecule has 1 spiro atoms. The van der Waals surface area contributed by atoms with Crippen LogP contribution in [0, 0.1) is 51.8 Å². The molecule has 1 N–H and O–H groups in total. The third-order valence-electron chi connectivity index (χ3n) is 11.3. The van der Waals surface area contributed by atoms with Gasteiger partial charge in [-0.15, -0.1) is 0 Å². The van der Waals surface area contributed by atoms with Crippen LogP contribution in [-0.4, -0.2) is 17.0 Å². The van der Waals surface area contributed by atoms with Crippen LogP contribution in [0.2, 0.25) is 0 Å². The third-order valence-corrected chi connectivity index (χ3v) is 11.3. The van der Waals surface area contributed by atoms with Crippen LogP contribution in [0.1, 0.15) is 105 Å². The van der Waals surface area contributed by atoms with Crippen molar-refractivity contribution in [3.8, 4) is 0 Å². The van der Waals surface area contributed by atoms with E-state index in [0.717, 1.165) is 56.3 Å². The summed E-state index contributed by atoms with van der Waals surface area (Å²) >= 11 is 0. The lowest BCUT2D eigenvalue weighted by atomic mass is 9.45. The van der Waals surface area contributed by atoms with Gasteiger partial charge in [0.25, 0.3) is 0 Å². The van der Waals surface area contributed by atoms with Gasteiger partial charge in [-0.05, 0) is 85.4 Å². The molecule has 0 aromatic rings. The quantitative estimate of drug-likeness (QED) is 0.483. The van der Waals surface area contributed by atoms with Gasteiger partial charge in [0, 0.05) is 17.8 Å². The normalized spacial score (nSPS) is 46.4. The summed E-state index contributed by atoms with van der Waals surface area (Å²) in [6.07, 6.45) is 15.1. The first-order chi connectivity index (χ1) is 14.6. The zero-order valence-electron chi connectivity index (χ0n) is 20.8. The number of hydrogen-bond donors (Lipinski definition) is 1. The minimum absolute atomic E-state index is 0.0119. The first-order valence-corrected chi connectivity index (χ1v) is 13.6. The monoisotopic (exact) mass is 426 g/mol. The van der Waals surface area contributed by atoms with E-state index in [2.05, 4.69) is 40.7 Å². The molecule has 5 aliphatic carbocycles. The molecule has 31 heavy (non-hydrogen) atoms. The Kier molecular flexibility index (Phi) is 5.32. The van der Waals surface area contributed by atoms with E-state index in [1.165, 1.54) is 37.7 Å². The van der Waals surface area contributed by atoms with Crippen molar-refractivity contribution in [2.75, 3.05) is 0 Å². The van der Waals surface area contributed by atoms with Crippen LogP contribution in [0.4, 0.5) is 0 Å². The molecule has 0 aromatic heterocycles. The highest BCUT2D eigenvalue weighted by Crippen LogP contribution is 2.72. The van der Waals surface area contributed by atoms with Gasteiger partial charge in [-0.25, -0.2) is 0 Å². The van der Waals surface area contributed by atoms with Crippen LogP contribution in [0.5, 0.6) is 0 Å². The maximum atomic E-state index is 13.9. The summed E-state index contributed by atoms with van der Waals surface area (Å²) in [6, 6.07) is 0. The van der Waals surface area contributed by atoms with Crippen molar-refractivity contribution in [1.82, 2.24) is 0 Å². The van der Waals surface area contributed by atoms with E-state index in [4.69, 9.17) is 0 Å². The highest BCUT2D eigenvalue weighted by molar-refractivity contribution is 5.85. The second kappa shape index (κ2) is 7.44.